The minimum atomic E-state index is -0.257. The zero-order chi connectivity index (χ0) is 31.7. The van der Waals surface area contributed by atoms with Crippen molar-refractivity contribution in [3.63, 3.8) is 0 Å². The Balaban J connectivity index is 1.55. The first-order chi connectivity index (χ1) is 21.5. The average Bonchev–Trinajstić information content (AvgIpc) is 3.39. The van der Waals surface area contributed by atoms with Gasteiger partial charge < -0.3 is 0 Å². The minimum absolute atomic E-state index is 0.153. The molecule has 0 fully saturated rings. The quantitative estimate of drug-likeness (QED) is 0.154. The highest BCUT2D eigenvalue weighted by molar-refractivity contribution is 6.39. The van der Waals surface area contributed by atoms with Crippen molar-refractivity contribution in [3.05, 3.63) is 140 Å². The number of aryl methyl sites for hydroxylation is 7. The van der Waals surface area contributed by atoms with Gasteiger partial charge in [0.05, 0.1) is 28.0 Å². The molecule has 45 heavy (non-hydrogen) atoms. The molecule has 0 unspecified atom stereocenters. The Kier molecular flexibility index (Phi) is 6.55. The molecule has 2 heterocycles. The van der Waals surface area contributed by atoms with Gasteiger partial charge in [0, 0.05) is 11.1 Å². The van der Waals surface area contributed by atoms with Gasteiger partial charge in [-0.15, -0.1) is 0 Å². The maximum Gasteiger partial charge on any atom is 0.197 e. The summed E-state index contributed by atoms with van der Waals surface area (Å²) < 4.78 is 0. The lowest BCUT2D eigenvalue weighted by atomic mass is 10.0. The molecule has 0 N–H and O–H groups in total. The molecule has 222 valence electrons. The van der Waals surface area contributed by atoms with E-state index in [1.165, 1.54) is 11.1 Å². The first-order valence-corrected chi connectivity index (χ1v) is 15.2. The molecule has 6 nitrogen and oxygen atoms in total. The van der Waals surface area contributed by atoms with Crippen LogP contribution >= 0.6 is 0 Å². The van der Waals surface area contributed by atoms with Crippen LogP contribution in [-0.2, 0) is 0 Å². The van der Waals surface area contributed by atoms with Crippen LogP contribution in [0.2, 0.25) is 0 Å². The summed E-state index contributed by atoms with van der Waals surface area (Å²) in [6, 6.07) is 22.0. The van der Waals surface area contributed by atoms with Crippen LogP contribution in [0.1, 0.15) is 59.7 Å². The van der Waals surface area contributed by atoms with E-state index in [-0.39, 0.29) is 17.1 Å². The standard InChI is InChI=1S/C39H34N4O2/c1-21-12-13-28-30(20-21)37(45)29(36(28)44)14-15-33-42(34-24(4)16-22(2)17-25(34)5)38-39(41-32-11-9-8-10-31(32)40-38)43(33)35-26(6)18-23(3)19-27(35)7/h8-20H,1-7H3/b29-14+. The number of rotatable bonds is 3. The Morgan fingerprint density at radius 1 is 0.533 bits per heavy atom. The van der Waals surface area contributed by atoms with E-state index in [4.69, 9.17) is 9.97 Å². The fourth-order valence-corrected chi connectivity index (χ4v) is 6.99. The Morgan fingerprint density at radius 3 is 1.49 bits per heavy atom. The normalized spacial score (nSPS) is 15.0. The van der Waals surface area contributed by atoms with E-state index in [1.807, 2.05) is 43.3 Å². The Hall–Kier alpha value is -5.36. The molecule has 1 aromatic heterocycles. The summed E-state index contributed by atoms with van der Waals surface area (Å²) in [5, 5.41) is 0. The van der Waals surface area contributed by atoms with Gasteiger partial charge in [-0.1, -0.05) is 65.2 Å². The summed E-state index contributed by atoms with van der Waals surface area (Å²) in [5.41, 5.74) is 12.2. The summed E-state index contributed by atoms with van der Waals surface area (Å²) in [7, 11) is 0. The molecule has 0 saturated carbocycles. The number of carbonyl (C=O) groups is 2. The molecule has 1 aliphatic carbocycles. The lowest BCUT2D eigenvalue weighted by Crippen LogP contribution is -2.24. The number of hydrogen-bond donors (Lipinski definition) is 0. The van der Waals surface area contributed by atoms with Crippen LogP contribution in [-0.4, -0.2) is 21.5 Å². The molecule has 6 heteroatoms. The van der Waals surface area contributed by atoms with Crippen LogP contribution in [0.5, 0.6) is 0 Å². The van der Waals surface area contributed by atoms with Crippen LogP contribution in [0.3, 0.4) is 0 Å². The van der Waals surface area contributed by atoms with Crippen LogP contribution in [0.15, 0.2) is 90.3 Å². The molecular formula is C39H34N4O2. The first kappa shape index (κ1) is 28.4. The molecule has 0 bridgehead atoms. The second kappa shape index (κ2) is 10.4. The number of carbonyl (C=O) groups excluding carboxylic acids is 2. The Morgan fingerprint density at radius 2 is 1.00 bits per heavy atom. The smallest absolute Gasteiger partial charge is 0.197 e. The highest BCUT2D eigenvalue weighted by Gasteiger charge is 2.40. The second-order valence-electron chi connectivity index (χ2n) is 12.3. The number of hydrogen-bond acceptors (Lipinski definition) is 6. The average molecular weight is 591 g/mol. The molecule has 2 aliphatic rings. The second-order valence-corrected chi connectivity index (χ2v) is 12.3. The maximum absolute atomic E-state index is 13.6. The maximum atomic E-state index is 13.6. The van der Waals surface area contributed by atoms with E-state index in [0.29, 0.717) is 22.8 Å². The van der Waals surface area contributed by atoms with Gasteiger partial charge >= 0.3 is 0 Å². The number of benzene rings is 4. The third kappa shape index (κ3) is 4.48. The summed E-state index contributed by atoms with van der Waals surface area (Å²) in [5.74, 6) is 1.61. The van der Waals surface area contributed by atoms with Crippen molar-refractivity contribution in [1.82, 2.24) is 9.97 Å². The summed E-state index contributed by atoms with van der Waals surface area (Å²) in [4.78, 5) is 41.8. The summed E-state index contributed by atoms with van der Waals surface area (Å²) >= 11 is 0. The summed E-state index contributed by atoms with van der Waals surface area (Å²) in [6.07, 6.45) is 3.56. The summed E-state index contributed by atoms with van der Waals surface area (Å²) in [6.45, 7) is 14.5. The van der Waals surface area contributed by atoms with Crippen molar-refractivity contribution in [2.24, 2.45) is 0 Å². The van der Waals surface area contributed by atoms with Crippen molar-refractivity contribution in [2.45, 2.75) is 48.5 Å². The number of Topliss-reactive ketones (excluding diaryl/α,β-unsaturated/α-hetero) is 2. The predicted molar refractivity (Wildman–Crippen MR) is 181 cm³/mol. The molecule has 1 aliphatic heterocycles. The number of aromatic nitrogens is 2. The number of ketones is 2. The monoisotopic (exact) mass is 590 g/mol. The molecule has 0 atom stereocenters. The number of para-hydroxylation sites is 2. The van der Waals surface area contributed by atoms with Crippen molar-refractivity contribution in [3.8, 4) is 0 Å². The number of anilines is 4. The van der Waals surface area contributed by atoms with Gasteiger partial charge in [0.15, 0.2) is 23.2 Å². The van der Waals surface area contributed by atoms with Crippen molar-refractivity contribution in [2.75, 3.05) is 9.80 Å². The highest BCUT2D eigenvalue weighted by atomic mass is 16.2. The van der Waals surface area contributed by atoms with E-state index in [0.717, 1.165) is 56.0 Å². The van der Waals surface area contributed by atoms with Gasteiger partial charge in [-0.05, 0) is 101 Å². The third-order valence-electron chi connectivity index (χ3n) is 8.69. The molecule has 0 radical (unpaired) electrons. The molecule has 0 spiro atoms. The van der Waals surface area contributed by atoms with Gasteiger partial charge in [0.1, 0.15) is 5.82 Å². The zero-order valence-corrected chi connectivity index (χ0v) is 26.6. The van der Waals surface area contributed by atoms with Crippen molar-refractivity contribution < 1.29 is 9.59 Å². The minimum Gasteiger partial charge on any atom is -0.288 e. The fourth-order valence-electron chi connectivity index (χ4n) is 6.99. The number of allylic oxidation sites excluding steroid dienone is 3. The number of nitrogens with zero attached hydrogens (tertiary/aromatic N) is 4. The first-order valence-electron chi connectivity index (χ1n) is 15.2. The van der Waals surface area contributed by atoms with E-state index >= 15 is 0 Å². The lowest BCUT2D eigenvalue weighted by molar-refractivity contribution is 0.0988. The molecule has 4 aromatic carbocycles. The third-order valence-corrected chi connectivity index (χ3v) is 8.69. The zero-order valence-electron chi connectivity index (χ0n) is 26.6. The largest absolute Gasteiger partial charge is 0.288 e. The molecule has 0 amide bonds. The van der Waals surface area contributed by atoms with Crippen molar-refractivity contribution in [1.29, 1.82) is 0 Å². The van der Waals surface area contributed by atoms with Gasteiger partial charge in [0.25, 0.3) is 0 Å². The highest BCUT2D eigenvalue weighted by Crippen LogP contribution is 2.51. The Labute approximate surface area is 263 Å². The lowest BCUT2D eigenvalue weighted by Gasteiger charge is -2.29. The predicted octanol–water partition coefficient (Wildman–Crippen LogP) is 8.93. The van der Waals surface area contributed by atoms with Crippen LogP contribution in [0.25, 0.3) is 11.0 Å². The SMILES string of the molecule is Cc1cc(C)c(N2C(=C/C=C3\C(=O)c4ccc(C)cc4C3=O)N(c3c(C)cc(C)cc3C)c3nc4ccccc4nc32)c(C)c1. The molecular weight excluding hydrogens is 556 g/mol. The van der Waals surface area contributed by atoms with Gasteiger partial charge in [-0.3, -0.25) is 19.4 Å². The topological polar surface area (TPSA) is 66.4 Å². The van der Waals surface area contributed by atoms with E-state index in [2.05, 4.69) is 75.6 Å². The van der Waals surface area contributed by atoms with Gasteiger partial charge in [0.2, 0.25) is 0 Å². The van der Waals surface area contributed by atoms with E-state index < -0.39 is 0 Å². The van der Waals surface area contributed by atoms with Crippen molar-refractivity contribution >= 4 is 45.6 Å². The molecule has 5 aromatic rings. The van der Waals surface area contributed by atoms with Gasteiger partial charge in [-0.25, -0.2) is 9.97 Å². The number of fused-ring (bicyclic) bond motifs is 3. The molecule has 7 rings (SSSR count). The van der Waals surface area contributed by atoms with Crippen LogP contribution in [0, 0.1) is 48.5 Å². The fraction of sp³-hybridized carbons (Fsp3) is 0.179. The van der Waals surface area contributed by atoms with Gasteiger partial charge in [-0.2, -0.15) is 0 Å². The molecule has 0 saturated heterocycles. The van der Waals surface area contributed by atoms with Crippen LogP contribution < -0.4 is 9.80 Å². The Bertz CT molecular complexity index is 2040. The van der Waals surface area contributed by atoms with E-state index in [1.54, 1.807) is 18.2 Å². The van der Waals surface area contributed by atoms with E-state index in [9.17, 15) is 9.59 Å². The van der Waals surface area contributed by atoms with Crippen LogP contribution in [0.4, 0.5) is 23.0 Å².